The summed E-state index contributed by atoms with van der Waals surface area (Å²) < 4.78 is 66.9. The van der Waals surface area contributed by atoms with Gasteiger partial charge in [0.1, 0.15) is 60.1 Å². The fourth-order valence-corrected chi connectivity index (χ4v) is 11.8. The number of halogens is 1. The molecule has 21 nitrogen and oxygen atoms in total. The Hall–Kier alpha value is -7.25. The summed E-state index contributed by atoms with van der Waals surface area (Å²) in [5.74, 6) is -4.28. The van der Waals surface area contributed by atoms with E-state index >= 15 is 4.39 Å². The smallest absolute Gasteiger partial charge is 0.378 e. The number of aryl methyl sites for hydroxylation is 1. The summed E-state index contributed by atoms with van der Waals surface area (Å²) in [6.45, 7) is 3.46. The zero-order valence-electron chi connectivity index (χ0n) is 40.8. The lowest BCUT2D eigenvalue weighted by Crippen LogP contribution is -2.74. The molecule has 3 fully saturated rings. The normalized spacial score (nSPS) is 21.3. The topological polar surface area (TPSA) is 237 Å². The molecule has 27 heteroatoms. The van der Waals surface area contributed by atoms with E-state index in [0.29, 0.717) is 46.1 Å². The highest BCUT2D eigenvalue weighted by atomic mass is 32.2. The van der Waals surface area contributed by atoms with Gasteiger partial charge in [0.15, 0.2) is 23.0 Å². The summed E-state index contributed by atoms with van der Waals surface area (Å²) in [6, 6.07) is 15.2. The fourth-order valence-electron chi connectivity index (χ4n) is 9.52. The number of nitrogens with zero attached hydrogens (tertiary/aromatic N) is 5. The van der Waals surface area contributed by atoms with E-state index in [1.807, 2.05) is 0 Å². The number of rotatable bonds is 22. The second kappa shape index (κ2) is 24.0. The summed E-state index contributed by atoms with van der Waals surface area (Å²) >= 11 is 1.16. The number of nitrogens with one attached hydrogen (secondary N) is 1. The van der Waals surface area contributed by atoms with Crippen molar-refractivity contribution in [2.75, 3.05) is 52.7 Å². The SMILES string of the molecule is [B]OC(=O)C1=C(C[N+]23CCC[C@H]2CN(C(=O)c2cc(F)c(OCc4ccc(OC)cc4)c(OCc4ccc(OC)cc4)c2)CC3)CS(=O)[C@@H]2[C@H](NC(=O)/C(=N\O[C@@H](C[B]OC=O)C(=O)O[B])c3csc(C)n3)C(=O)N12. The van der Waals surface area contributed by atoms with Crippen LogP contribution in [0.2, 0.25) is 6.32 Å². The number of oxime groups is 1. The standard InChI is InChI=1S/C48H47B3FN6O15S2/c1-27-53-36(24-74-27)39(55-73-38(47(63)71-49)19-51-70-26-59)43(60)54-40-45(62)57-41(48(64)72-50)31(25-75(65)46(40)57)21-58-15-4-5-32(58)20-56(14-16-58)44(61)30-17-35(52)42(69-23-29-8-12-34(67-3)13-9-29)37(18-30)68-22-28-6-10-33(66-2)11-7-28/h6-13,17-18,24,26,32,38,40,46H,4-5,14-16,19-23,25H2,1-3H3/p+1/b55-39-/t32-,38-,40+,46+,58?,75?/m0/s1. The monoisotopic (exact) mass is 1060 g/mol. The fraction of sp³-hybridized carbons (Fsp3) is 0.375. The number of carbonyl (C=O) groups is 6. The first-order chi connectivity index (χ1) is 36.2. The van der Waals surface area contributed by atoms with E-state index in [9.17, 15) is 33.0 Å². The van der Waals surface area contributed by atoms with Gasteiger partial charge >= 0.3 is 35.5 Å². The Kier molecular flexibility index (Phi) is 17.3. The Bertz CT molecular complexity index is 2920. The molecule has 4 aliphatic rings. The Morgan fingerprint density at radius 1 is 1.01 bits per heavy atom. The van der Waals surface area contributed by atoms with Crippen LogP contribution in [0.1, 0.15) is 45.0 Å². The van der Waals surface area contributed by atoms with E-state index in [-0.39, 0.29) is 85.9 Å². The lowest BCUT2D eigenvalue weighted by atomic mass is 9.91. The highest BCUT2D eigenvalue weighted by Gasteiger charge is 2.59. The van der Waals surface area contributed by atoms with Gasteiger partial charge in [0, 0.05) is 35.7 Å². The molecule has 3 saturated heterocycles. The van der Waals surface area contributed by atoms with Crippen molar-refractivity contribution in [3.05, 3.63) is 111 Å². The van der Waals surface area contributed by atoms with Gasteiger partial charge in [0.2, 0.25) is 6.10 Å². The van der Waals surface area contributed by atoms with Crippen LogP contribution >= 0.6 is 11.3 Å². The minimum absolute atomic E-state index is 0.000365. The van der Waals surface area contributed by atoms with Crippen LogP contribution in [-0.4, -0.2) is 165 Å². The van der Waals surface area contributed by atoms with Gasteiger partial charge in [-0.25, -0.2) is 19.0 Å². The number of benzene rings is 3. The molecule has 0 bridgehead atoms. The molecule has 4 aliphatic heterocycles. The zero-order valence-corrected chi connectivity index (χ0v) is 42.4. The molecule has 3 aromatic carbocycles. The number of methoxy groups -OCH3 is 2. The Balaban J connectivity index is 0.988. The third kappa shape index (κ3) is 11.8. The molecule has 4 aromatic rings. The number of β-lactam (4-membered cyclic amide) rings is 1. The van der Waals surface area contributed by atoms with Crippen LogP contribution in [0.3, 0.4) is 0 Å². The lowest BCUT2D eigenvalue weighted by Gasteiger charge is -2.51. The summed E-state index contributed by atoms with van der Waals surface area (Å²) in [4.78, 5) is 91.0. The minimum Gasteiger partial charge on any atom is -0.541 e. The molecule has 8 rings (SSSR count). The number of ether oxygens (including phenoxy) is 4. The molecule has 5 heterocycles. The molecular formula is C48H48B3FN6O15S2+. The van der Waals surface area contributed by atoms with E-state index in [0.717, 1.165) is 47.3 Å². The van der Waals surface area contributed by atoms with Crippen molar-refractivity contribution in [3.8, 4) is 23.0 Å². The molecule has 1 aromatic heterocycles. The van der Waals surface area contributed by atoms with E-state index in [1.54, 1.807) is 74.6 Å². The number of piperazine rings is 1. The van der Waals surface area contributed by atoms with Gasteiger partial charge in [0.25, 0.3) is 24.2 Å². The highest BCUT2D eigenvalue weighted by Crippen LogP contribution is 2.40. The van der Waals surface area contributed by atoms with Crippen molar-refractivity contribution in [2.24, 2.45) is 5.16 Å². The second-order valence-corrected chi connectivity index (χ2v) is 20.3. The first kappa shape index (κ1) is 54.0. The van der Waals surface area contributed by atoms with Crippen molar-refractivity contribution >= 4 is 87.6 Å². The van der Waals surface area contributed by atoms with E-state index in [4.69, 9.17) is 44.5 Å². The van der Waals surface area contributed by atoms with Crippen LogP contribution in [0, 0.1) is 12.7 Å². The molecule has 1 N–H and O–H groups in total. The van der Waals surface area contributed by atoms with E-state index in [1.165, 1.54) is 11.4 Å². The number of thiazole rings is 1. The molecule has 2 unspecified atom stereocenters. The van der Waals surface area contributed by atoms with Gasteiger partial charge in [-0.05, 0) is 54.4 Å². The van der Waals surface area contributed by atoms with Gasteiger partial charge in [-0.2, -0.15) is 0 Å². The van der Waals surface area contributed by atoms with Gasteiger partial charge in [-0.15, -0.1) is 11.3 Å². The minimum atomic E-state index is -1.90. The quantitative estimate of drug-likeness (QED) is 0.0226. The van der Waals surface area contributed by atoms with Crippen LogP contribution in [0.15, 0.2) is 82.5 Å². The molecule has 5 radical (unpaired) electrons. The summed E-state index contributed by atoms with van der Waals surface area (Å²) in [5.41, 5.74) is 1.20. The van der Waals surface area contributed by atoms with Crippen LogP contribution in [0.5, 0.6) is 23.0 Å². The Morgan fingerprint density at radius 3 is 2.33 bits per heavy atom. The number of aromatic nitrogens is 1. The van der Waals surface area contributed by atoms with E-state index < -0.39 is 69.5 Å². The number of hydrogen-bond acceptors (Lipinski definition) is 18. The van der Waals surface area contributed by atoms with Crippen LogP contribution in [0.4, 0.5) is 4.39 Å². The second-order valence-electron chi connectivity index (χ2n) is 17.7. The van der Waals surface area contributed by atoms with Crippen molar-refractivity contribution < 1.29 is 79.6 Å². The summed E-state index contributed by atoms with van der Waals surface area (Å²) in [7, 11) is 12.6. The number of amides is 3. The average molecular weight is 1060 g/mol. The molecule has 387 valence electrons. The molecular weight excluding hydrogens is 1020 g/mol. The van der Waals surface area contributed by atoms with Crippen LogP contribution in [0.25, 0.3) is 0 Å². The number of hydrogen-bond donors (Lipinski definition) is 1. The third-order valence-electron chi connectivity index (χ3n) is 13.3. The Morgan fingerprint density at radius 2 is 1.71 bits per heavy atom. The van der Waals surface area contributed by atoms with Gasteiger partial charge in [-0.3, -0.25) is 28.3 Å². The predicted molar refractivity (Wildman–Crippen MR) is 267 cm³/mol. The first-order valence-corrected chi connectivity index (χ1v) is 25.6. The number of quaternary nitrogens is 1. The highest BCUT2D eigenvalue weighted by molar-refractivity contribution is 7.86. The van der Waals surface area contributed by atoms with Crippen molar-refractivity contribution in [3.63, 3.8) is 0 Å². The lowest BCUT2D eigenvalue weighted by molar-refractivity contribution is -0.938. The third-order valence-corrected chi connectivity index (χ3v) is 15.7. The Labute approximate surface area is 439 Å². The summed E-state index contributed by atoms with van der Waals surface area (Å²) in [5, 5.41) is 7.11. The summed E-state index contributed by atoms with van der Waals surface area (Å²) in [6.07, 6.45) is -0.519. The zero-order chi connectivity index (χ0) is 53.4. The van der Waals surface area contributed by atoms with Crippen LogP contribution in [-0.2, 0) is 66.8 Å². The van der Waals surface area contributed by atoms with Crippen molar-refractivity contribution in [1.29, 1.82) is 0 Å². The maximum Gasteiger partial charge on any atom is 0.378 e. The molecule has 75 heavy (non-hydrogen) atoms. The molecule has 0 saturated carbocycles. The van der Waals surface area contributed by atoms with Gasteiger partial charge in [-0.1, -0.05) is 29.4 Å². The van der Waals surface area contributed by atoms with Gasteiger partial charge in [0.05, 0.1) is 62.0 Å². The maximum absolute atomic E-state index is 16.2. The van der Waals surface area contributed by atoms with Crippen molar-refractivity contribution in [1.82, 2.24) is 20.1 Å². The average Bonchev–Trinajstić information content (AvgIpc) is 4.06. The molecule has 0 aliphatic carbocycles. The van der Waals surface area contributed by atoms with Crippen molar-refractivity contribution in [2.45, 2.75) is 62.9 Å². The maximum atomic E-state index is 16.2. The van der Waals surface area contributed by atoms with Crippen LogP contribution < -0.4 is 24.3 Å². The first-order valence-electron chi connectivity index (χ1n) is 23.3. The molecule has 3 amide bonds. The van der Waals surface area contributed by atoms with E-state index in [2.05, 4.69) is 24.8 Å². The largest absolute Gasteiger partial charge is 0.541 e. The van der Waals surface area contributed by atoms with Gasteiger partial charge < -0.3 is 52.4 Å². The predicted octanol–water partition coefficient (Wildman–Crippen LogP) is 2.12. The molecule has 0 spiro atoms. The number of carbonyl (C=O) groups excluding carboxylic acids is 6. The molecule has 6 atom stereocenters. The number of fused-ring (bicyclic) bond motifs is 2.